The highest BCUT2D eigenvalue weighted by Crippen LogP contribution is 2.22. The van der Waals surface area contributed by atoms with Gasteiger partial charge in [0.05, 0.1) is 5.02 Å². The first-order valence-corrected chi connectivity index (χ1v) is 7.14. The summed E-state index contributed by atoms with van der Waals surface area (Å²) in [4.78, 5) is 30.0. The summed E-state index contributed by atoms with van der Waals surface area (Å²) in [5, 5.41) is 3.33. The first-order chi connectivity index (χ1) is 9.52. The summed E-state index contributed by atoms with van der Waals surface area (Å²) in [5.41, 5.74) is 0.367. The molecule has 3 amide bonds. The van der Waals surface area contributed by atoms with Crippen molar-refractivity contribution in [1.29, 1.82) is 0 Å². The number of carbonyl (C=O) groups excluding carboxylic acids is 2. The van der Waals surface area contributed by atoms with E-state index in [-0.39, 0.29) is 17.1 Å². The van der Waals surface area contributed by atoms with Crippen molar-refractivity contribution >= 4 is 35.1 Å². The Bertz CT molecular complexity index is 490. The topological polar surface area (TPSA) is 68.4 Å². The van der Waals surface area contributed by atoms with Crippen LogP contribution in [0.15, 0.2) is 6.07 Å². The van der Waals surface area contributed by atoms with Gasteiger partial charge in [0.2, 0.25) is 0 Å². The molecule has 0 radical (unpaired) electrons. The Morgan fingerprint density at radius 2 is 1.85 bits per heavy atom. The lowest BCUT2D eigenvalue weighted by atomic mass is 10.3. The third kappa shape index (κ3) is 3.19. The maximum Gasteiger partial charge on any atom is 0.317 e. The van der Waals surface area contributed by atoms with Crippen LogP contribution in [0.1, 0.15) is 17.4 Å². The number of aromatic nitrogens is 1. The molecule has 0 aromatic carbocycles. The largest absolute Gasteiger partial charge is 0.340 e. The Morgan fingerprint density at radius 1 is 1.25 bits per heavy atom. The molecule has 0 spiro atoms. The van der Waals surface area contributed by atoms with Gasteiger partial charge in [-0.25, -0.2) is 4.79 Å². The number of nitrogens with one attached hydrogen (secondary N) is 2. The van der Waals surface area contributed by atoms with E-state index in [4.69, 9.17) is 23.2 Å². The van der Waals surface area contributed by atoms with Crippen molar-refractivity contribution in [3.63, 3.8) is 0 Å². The Labute approximate surface area is 127 Å². The van der Waals surface area contributed by atoms with E-state index in [1.54, 1.807) is 9.80 Å². The zero-order valence-electron chi connectivity index (χ0n) is 11.1. The number of nitrogens with zero attached hydrogens (tertiary/aromatic N) is 2. The number of halogens is 2. The predicted molar refractivity (Wildman–Crippen MR) is 77.4 cm³/mol. The van der Waals surface area contributed by atoms with E-state index >= 15 is 0 Å². The van der Waals surface area contributed by atoms with E-state index in [1.807, 2.05) is 6.92 Å². The van der Waals surface area contributed by atoms with Gasteiger partial charge in [-0.2, -0.15) is 0 Å². The molecule has 1 saturated heterocycles. The summed E-state index contributed by atoms with van der Waals surface area (Å²) in [6, 6.07) is 1.42. The second kappa shape index (κ2) is 6.37. The molecule has 110 valence electrons. The third-order valence-electron chi connectivity index (χ3n) is 3.14. The van der Waals surface area contributed by atoms with Crippen molar-refractivity contribution in [2.24, 2.45) is 0 Å². The van der Waals surface area contributed by atoms with E-state index in [0.717, 1.165) is 0 Å². The van der Waals surface area contributed by atoms with E-state index in [9.17, 15) is 9.59 Å². The molecule has 0 bridgehead atoms. The number of hydrogen-bond donors (Lipinski definition) is 2. The average molecular weight is 319 g/mol. The first kappa shape index (κ1) is 15.0. The van der Waals surface area contributed by atoms with Gasteiger partial charge in [0.1, 0.15) is 10.8 Å². The molecule has 1 aromatic heterocycles. The number of rotatable bonds is 2. The van der Waals surface area contributed by atoms with Gasteiger partial charge in [-0.05, 0) is 13.0 Å². The fraction of sp³-hybridized carbons (Fsp3) is 0.500. The highest BCUT2D eigenvalue weighted by atomic mass is 35.5. The zero-order valence-corrected chi connectivity index (χ0v) is 12.6. The molecule has 6 nitrogen and oxygen atoms in total. The first-order valence-electron chi connectivity index (χ1n) is 6.39. The molecule has 20 heavy (non-hydrogen) atoms. The Kier molecular flexibility index (Phi) is 4.77. The normalized spacial score (nSPS) is 15.3. The maximum absolute atomic E-state index is 12.2. The van der Waals surface area contributed by atoms with Crippen LogP contribution in [0.5, 0.6) is 0 Å². The second-order valence-electron chi connectivity index (χ2n) is 4.46. The Balaban J connectivity index is 1.93. The van der Waals surface area contributed by atoms with Crippen LogP contribution in [0.2, 0.25) is 10.2 Å². The van der Waals surface area contributed by atoms with Gasteiger partial charge >= 0.3 is 6.03 Å². The van der Waals surface area contributed by atoms with Gasteiger partial charge in [0.25, 0.3) is 5.91 Å². The smallest absolute Gasteiger partial charge is 0.317 e. The van der Waals surface area contributed by atoms with Crippen molar-refractivity contribution in [3.05, 3.63) is 21.9 Å². The minimum absolute atomic E-state index is 0.0921. The average Bonchev–Trinajstić information content (AvgIpc) is 2.78. The SMILES string of the molecule is CCNC(=O)N1CCN(C(=O)c2cc(Cl)c(Cl)[nH]2)CC1. The monoisotopic (exact) mass is 318 g/mol. The lowest BCUT2D eigenvalue weighted by molar-refractivity contribution is 0.0660. The van der Waals surface area contributed by atoms with Crippen LogP contribution in [-0.4, -0.2) is 59.4 Å². The second-order valence-corrected chi connectivity index (χ2v) is 5.24. The summed E-state index contributed by atoms with van der Waals surface area (Å²) in [6.07, 6.45) is 0. The molecule has 1 fully saturated rings. The number of H-pyrrole nitrogens is 1. The van der Waals surface area contributed by atoms with E-state index < -0.39 is 0 Å². The highest BCUT2D eigenvalue weighted by Gasteiger charge is 2.25. The minimum Gasteiger partial charge on any atom is -0.340 e. The molecule has 1 aliphatic heterocycles. The Hall–Kier alpha value is -1.40. The molecular formula is C12H16Cl2N4O2. The van der Waals surface area contributed by atoms with Crippen LogP contribution in [0.3, 0.4) is 0 Å². The van der Waals surface area contributed by atoms with Gasteiger partial charge in [0, 0.05) is 32.7 Å². The number of carbonyl (C=O) groups is 2. The van der Waals surface area contributed by atoms with Crippen LogP contribution in [0, 0.1) is 0 Å². The Morgan fingerprint density at radius 3 is 2.35 bits per heavy atom. The van der Waals surface area contributed by atoms with Crippen molar-refractivity contribution in [2.75, 3.05) is 32.7 Å². The van der Waals surface area contributed by atoms with E-state index in [0.29, 0.717) is 43.4 Å². The summed E-state index contributed by atoms with van der Waals surface area (Å²) in [7, 11) is 0. The molecular weight excluding hydrogens is 303 g/mol. The standard InChI is InChI=1S/C12H16Cl2N4O2/c1-2-15-12(20)18-5-3-17(4-6-18)11(19)9-7-8(13)10(14)16-9/h7,16H,2-6H2,1H3,(H,15,20). The molecule has 2 heterocycles. The highest BCUT2D eigenvalue weighted by molar-refractivity contribution is 6.41. The summed E-state index contributed by atoms with van der Waals surface area (Å²) in [5.74, 6) is -0.158. The summed E-state index contributed by atoms with van der Waals surface area (Å²) < 4.78 is 0. The number of piperazine rings is 1. The van der Waals surface area contributed by atoms with Crippen molar-refractivity contribution in [1.82, 2.24) is 20.1 Å². The summed E-state index contributed by atoms with van der Waals surface area (Å²) >= 11 is 11.6. The van der Waals surface area contributed by atoms with Crippen LogP contribution >= 0.6 is 23.2 Å². The molecule has 2 rings (SSSR count). The molecule has 1 aromatic rings. The van der Waals surface area contributed by atoms with Gasteiger partial charge in [-0.3, -0.25) is 4.79 Å². The number of aromatic amines is 1. The number of amides is 3. The number of urea groups is 1. The molecule has 0 atom stereocenters. The van der Waals surface area contributed by atoms with Gasteiger partial charge in [-0.1, -0.05) is 23.2 Å². The van der Waals surface area contributed by atoms with Crippen molar-refractivity contribution in [2.45, 2.75) is 6.92 Å². The molecule has 0 unspecified atom stereocenters. The van der Waals surface area contributed by atoms with Crippen molar-refractivity contribution in [3.8, 4) is 0 Å². The van der Waals surface area contributed by atoms with Gasteiger partial charge < -0.3 is 20.1 Å². The fourth-order valence-corrected chi connectivity index (χ4v) is 2.38. The summed E-state index contributed by atoms with van der Waals surface area (Å²) in [6.45, 7) is 4.47. The molecule has 8 heteroatoms. The lowest BCUT2D eigenvalue weighted by Crippen LogP contribution is -2.53. The van der Waals surface area contributed by atoms with E-state index in [1.165, 1.54) is 6.07 Å². The minimum atomic E-state index is -0.158. The quantitative estimate of drug-likeness (QED) is 0.873. The van der Waals surface area contributed by atoms with Crippen molar-refractivity contribution < 1.29 is 9.59 Å². The van der Waals surface area contributed by atoms with Crippen LogP contribution in [0.4, 0.5) is 4.79 Å². The molecule has 0 aliphatic carbocycles. The van der Waals surface area contributed by atoms with E-state index in [2.05, 4.69) is 10.3 Å². The fourth-order valence-electron chi connectivity index (χ4n) is 2.07. The van der Waals surface area contributed by atoms with Gasteiger partial charge in [0.15, 0.2) is 0 Å². The predicted octanol–water partition coefficient (Wildman–Crippen LogP) is 1.81. The van der Waals surface area contributed by atoms with Crippen LogP contribution in [0.25, 0.3) is 0 Å². The lowest BCUT2D eigenvalue weighted by Gasteiger charge is -2.34. The maximum atomic E-state index is 12.2. The van der Waals surface area contributed by atoms with Gasteiger partial charge in [-0.15, -0.1) is 0 Å². The number of hydrogen-bond acceptors (Lipinski definition) is 2. The molecule has 2 N–H and O–H groups in total. The van der Waals surface area contributed by atoms with Crippen LogP contribution < -0.4 is 5.32 Å². The molecule has 1 aliphatic rings. The van der Waals surface area contributed by atoms with Crippen LogP contribution in [-0.2, 0) is 0 Å². The zero-order chi connectivity index (χ0) is 14.7. The third-order valence-corrected chi connectivity index (χ3v) is 3.83. The molecule has 0 saturated carbocycles.